The van der Waals surface area contributed by atoms with Crippen molar-refractivity contribution < 1.29 is 19.5 Å². The molecule has 0 heterocycles. The van der Waals surface area contributed by atoms with E-state index in [4.69, 9.17) is 0 Å². The van der Waals surface area contributed by atoms with E-state index in [1.54, 1.807) is 0 Å². The molecule has 0 aromatic rings. The van der Waals surface area contributed by atoms with E-state index in [0.29, 0.717) is 31.1 Å². The first kappa shape index (κ1) is 15.1. The van der Waals surface area contributed by atoms with E-state index >= 15 is 0 Å². The van der Waals surface area contributed by atoms with Crippen LogP contribution >= 0.6 is 0 Å². The van der Waals surface area contributed by atoms with E-state index in [1.807, 2.05) is 6.08 Å². The molecule has 23 heavy (non-hydrogen) atoms. The van der Waals surface area contributed by atoms with Gasteiger partial charge in [-0.1, -0.05) is 12.5 Å². The molecule has 4 rings (SSSR count). The summed E-state index contributed by atoms with van der Waals surface area (Å²) in [5.74, 6) is 0.0538. The van der Waals surface area contributed by atoms with Crippen molar-refractivity contribution in [1.82, 2.24) is 0 Å². The van der Waals surface area contributed by atoms with Crippen LogP contribution < -0.4 is 0 Å². The average molecular weight is 316 g/mol. The highest BCUT2D eigenvalue weighted by Crippen LogP contribution is 2.64. The van der Waals surface area contributed by atoms with Gasteiger partial charge in [-0.3, -0.25) is 14.4 Å². The van der Waals surface area contributed by atoms with Crippen molar-refractivity contribution in [3.8, 4) is 0 Å². The molecule has 0 amide bonds. The van der Waals surface area contributed by atoms with Crippen LogP contribution in [0.1, 0.15) is 58.3 Å². The Balaban J connectivity index is 1.73. The average Bonchev–Trinajstić information content (AvgIpc) is 2.86. The van der Waals surface area contributed by atoms with E-state index in [-0.39, 0.29) is 22.9 Å². The lowest BCUT2D eigenvalue weighted by atomic mass is 9.47. The van der Waals surface area contributed by atoms with Gasteiger partial charge in [-0.15, -0.1) is 0 Å². The molecule has 5 atom stereocenters. The lowest BCUT2D eigenvalue weighted by Crippen LogP contribution is -2.54. The largest absolute Gasteiger partial charge is 0.480 e. The van der Waals surface area contributed by atoms with Gasteiger partial charge in [0.1, 0.15) is 11.2 Å². The summed E-state index contributed by atoms with van der Waals surface area (Å²) in [6, 6.07) is 0. The fraction of sp³-hybridized carbons (Fsp3) is 0.737. The van der Waals surface area contributed by atoms with E-state index in [2.05, 4.69) is 6.92 Å². The number of carboxylic acid groups (broad SMARTS) is 1. The molecule has 0 aromatic carbocycles. The maximum atomic E-state index is 12.4. The highest BCUT2D eigenvalue weighted by Gasteiger charge is 2.64. The molecule has 4 heteroatoms. The van der Waals surface area contributed by atoms with Gasteiger partial charge in [-0.05, 0) is 67.8 Å². The summed E-state index contributed by atoms with van der Waals surface area (Å²) in [6.07, 6.45) is 7.65. The number of ketones is 2. The summed E-state index contributed by atoms with van der Waals surface area (Å²) in [5, 5.41) is 9.81. The Morgan fingerprint density at radius 1 is 1.09 bits per heavy atom. The number of Topliss-reactive ketones (excluding diaryl/α,β-unsaturated/α-hetero) is 1. The highest BCUT2D eigenvalue weighted by molar-refractivity contribution is 6.05. The minimum Gasteiger partial charge on any atom is -0.480 e. The zero-order valence-corrected chi connectivity index (χ0v) is 13.6. The van der Waals surface area contributed by atoms with Gasteiger partial charge in [0.15, 0.2) is 5.78 Å². The van der Waals surface area contributed by atoms with E-state index < -0.39 is 11.4 Å². The van der Waals surface area contributed by atoms with Crippen LogP contribution in [0.2, 0.25) is 0 Å². The third-order valence-electron chi connectivity index (χ3n) is 7.60. The third-order valence-corrected chi connectivity index (χ3v) is 7.60. The molecular weight excluding hydrogens is 292 g/mol. The second-order valence-corrected chi connectivity index (χ2v) is 8.25. The fourth-order valence-electron chi connectivity index (χ4n) is 6.40. The minimum absolute atomic E-state index is 0.00209. The molecule has 1 N–H and O–H groups in total. The van der Waals surface area contributed by atoms with Crippen molar-refractivity contribution in [1.29, 1.82) is 0 Å². The lowest BCUT2D eigenvalue weighted by Gasteiger charge is -2.56. The molecule has 5 unspecified atom stereocenters. The molecule has 4 nitrogen and oxygen atoms in total. The molecule has 0 bridgehead atoms. The maximum Gasteiger partial charge on any atom is 0.317 e. The fourth-order valence-corrected chi connectivity index (χ4v) is 6.40. The number of carboxylic acids is 1. The SMILES string of the molecule is CC12CCC(=O)C=C1CCC1C2CCC2(C(=O)O)C(=O)CCC12. The molecule has 4 aliphatic carbocycles. The molecule has 0 saturated heterocycles. The third kappa shape index (κ3) is 1.81. The standard InChI is InChI=1S/C19H24O4/c1-18-8-6-12(20)10-11(18)2-3-13-14(18)7-9-19(17(22)23)15(13)4-5-16(19)21/h10,13-15H,2-9H2,1H3,(H,22,23). The lowest BCUT2D eigenvalue weighted by molar-refractivity contribution is -0.164. The summed E-state index contributed by atoms with van der Waals surface area (Å²) >= 11 is 0. The first-order valence-electron chi connectivity index (χ1n) is 8.90. The zero-order valence-electron chi connectivity index (χ0n) is 13.6. The van der Waals surface area contributed by atoms with Crippen molar-refractivity contribution in [2.75, 3.05) is 0 Å². The quantitative estimate of drug-likeness (QED) is 0.754. The Labute approximate surface area is 136 Å². The van der Waals surface area contributed by atoms with E-state index in [0.717, 1.165) is 32.1 Å². The summed E-state index contributed by atoms with van der Waals surface area (Å²) in [7, 11) is 0. The Bertz CT molecular complexity index is 633. The number of rotatable bonds is 1. The van der Waals surface area contributed by atoms with Gasteiger partial charge in [-0.2, -0.15) is 0 Å². The first-order chi connectivity index (χ1) is 10.9. The predicted molar refractivity (Wildman–Crippen MR) is 83.7 cm³/mol. The smallest absolute Gasteiger partial charge is 0.317 e. The molecule has 0 spiro atoms. The molecule has 3 saturated carbocycles. The summed E-state index contributed by atoms with van der Waals surface area (Å²) in [4.78, 5) is 36.2. The van der Waals surface area contributed by atoms with Crippen molar-refractivity contribution in [3.05, 3.63) is 11.6 Å². The molecule has 124 valence electrons. The summed E-state index contributed by atoms with van der Waals surface area (Å²) < 4.78 is 0. The van der Waals surface area contributed by atoms with Gasteiger partial charge >= 0.3 is 5.97 Å². The monoisotopic (exact) mass is 316 g/mol. The van der Waals surface area contributed by atoms with Gasteiger partial charge in [0.2, 0.25) is 0 Å². The molecular formula is C19H24O4. The second kappa shape index (κ2) is 4.78. The maximum absolute atomic E-state index is 12.4. The zero-order chi connectivity index (χ0) is 16.4. The molecule has 0 radical (unpaired) electrons. The summed E-state index contributed by atoms with van der Waals surface area (Å²) in [6.45, 7) is 2.27. The number of allylic oxidation sites excluding steroid dienone is 1. The Hall–Kier alpha value is -1.45. The van der Waals surface area contributed by atoms with Gasteiger partial charge in [0, 0.05) is 12.8 Å². The molecule has 4 aliphatic rings. The normalized spacial score (nSPS) is 45.8. The second-order valence-electron chi connectivity index (χ2n) is 8.25. The molecule has 3 fully saturated rings. The number of carbonyl (C=O) groups is 3. The van der Waals surface area contributed by atoms with Crippen LogP contribution in [-0.2, 0) is 14.4 Å². The van der Waals surface area contributed by atoms with Crippen LogP contribution in [0.15, 0.2) is 11.6 Å². The minimum atomic E-state index is -1.11. The van der Waals surface area contributed by atoms with Crippen molar-refractivity contribution in [2.24, 2.45) is 28.6 Å². The number of aliphatic carboxylic acids is 1. The van der Waals surface area contributed by atoms with Gasteiger partial charge in [0.25, 0.3) is 0 Å². The Kier molecular flexibility index (Phi) is 3.14. The van der Waals surface area contributed by atoms with Crippen LogP contribution in [0.5, 0.6) is 0 Å². The van der Waals surface area contributed by atoms with E-state index in [9.17, 15) is 19.5 Å². The van der Waals surface area contributed by atoms with Crippen molar-refractivity contribution >= 4 is 17.5 Å². The number of carbonyl (C=O) groups excluding carboxylic acids is 2. The Morgan fingerprint density at radius 3 is 2.61 bits per heavy atom. The number of fused-ring (bicyclic) bond motifs is 5. The van der Waals surface area contributed by atoms with Crippen LogP contribution in [0, 0.1) is 28.6 Å². The highest BCUT2D eigenvalue weighted by atomic mass is 16.4. The summed E-state index contributed by atoms with van der Waals surface area (Å²) in [5.41, 5.74) is 0.207. The van der Waals surface area contributed by atoms with Crippen molar-refractivity contribution in [2.45, 2.75) is 58.3 Å². The molecule has 0 aliphatic heterocycles. The predicted octanol–water partition coefficient (Wildman–Crippen LogP) is 3.15. The van der Waals surface area contributed by atoms with Gasteiger partial charge < -0.3 is 5.11 Å². The van der Waals surface area contributed by atoms with E-state index in [1.165, 1.54) is 5.57 Å². The van der Waals surface area contributed by atoms with Crippen LogP contribution in [0.3, 0.4) is 0 Å². The Morgan fingerprint density at radius 2 is 1.87 bits per heavy atom. The van der Waals surface area contributed by atoms with Gasteiger partial charge in [-0.25, -0.2) is 0 Å². The number of hydrogen-bond acceptors (Lipinski definition) is 3. The van der Waals surface area contributed by atoms with Crippen LogP contribution in [-0.4, -0.2) is 22.6 Å². The molecule has 0 aromatic heterocycles. The van der Waals surface area contributed by atoms with Gasteiger partial charge in [0.05, 0.1) is 0 Å². The van der Waals surface area contributed by atoms with Crippen LogP contribution in [0.4, 0.5) is 0 Å². The van der Waals surface area contributed by atoms with Crippen LogP contribution in [0.25, 0.3) is 0 Å². The van der Waals surface area contributed by atoms with Crippen molar-refractivity contribution in [3.63, 3.8) is 0 Å². The topological polar surface area (TPSA) is 71.4 Å². The first-order valence-corrected chi connectivity index (χ1v) is 8.90. The number of hydrogen-bond donors (Lipinski definition) is 1.